The van der Waals surface area contributed by atoms with Gasteiger partial charge in [-0.05, 0) is 83.1 Å². The lowest BCUT2D eigenvalue weighted by atomic mass is 9.98. The van der Waals surface area contributed by atoms with Crippen molar-refractivity contribution in [2.45, 2.75) is 96.2 Å². The van der Waals surface area contributed by atoms with E-state index in [1.807, 2.05) is 48.5 Å². The summed E-state index contributed by atoms with van der Waals surface area (Å²) in [4.78, 5) is 52.4. The van der Waals surface area contributed by atoms with Crippen LogP contribution in [-0.2, 0) is 23.8 Å². The molecule has 0 spiro atoms. The highest BCUT2D eigenvalue weighted by Crippen LogP contribution is 2.44. The summed E-state index contributed by atoms with van der Waals surface area (Å²) in [7, 11) is 0. The molecule has 11 nitrogen and oxygen atoms in total. The standard InChI is InChI=1S/C33H43N3O8/c1-20-27(29(38)39)36(33(5,6)43-20)28(37)26(17-11-12-18-34-30(40)44-32(2,3)4)35-31(41)42-19-25-23-15-9-7-13-21(23)22-14-8-10-16-24(22)25/h7-10,13-16,20,25-27H,11-12,17-19H2,1-6H3,(H,34,40)(H,35,41)(H,38,39)/t20-,26+,27-/m0/s1. The highest BCUT2D eigenvalue weighted by atomic mass is 16.6. The van der Waals surface area contributed by atoms with Crippen molar-refractivity contribution in [1.82, 2.24) is 15.5 Å². The molecule has 2 aromatic carbocycles. The molecule has 0 bridgehead atoms. The molecule has 2 aromatic rings. The molecular formula is C33H43N3O8. The van der Waals surface area contributed by atoms with Gasteiger partial charge in [0, 0.05) is 12.5 Å². The molecule has 0 aromatic heterocycles. The van der Waals surface area contributed by atoms with Crippen LogP contribution in [0.25, 0.3) is 11.1 Å². The lowest BCUT2D eigenvalue weighted by Gasteiger charge is -2.35. The fourth-order valence-electron chi connectivity index (χ4n) is 6.02. The van der Waals surface area contributed by atoms with Crippen molar-refractivity contribution < 1.29 is 38.5 Å². The Morgan fingerprint density at radius 1 is 0.977 bits per heavy atom. The van der Waals surface area contributed by atoms with Gasteiger partial charge in [-0.25, -0.2) is 14.4 Å². The Kier molecular flexibility index (Phi) is 9.88. The summed E-state index contributed by atoms with van der Waals surface area (Å²) in [6, 6.07) is 13.6. The summed E-state index contributed by atoms with van der Waals surface area (Å²) in [5.41, 5.74) is 2.46. The zero-order valence-electron chi connectivity index (χ0n) is 26.2. The van der Waals surface area contributed by atoms with Gasteiger partial charge in [0.1, 0.15) is 24.0 Å². The highest BCUT2D eigenvalue weighted by molar-refractivity contribution is 5.90. The van der Waals surface area contributed by atoms with Crippen LogP contribution < -0.4 is 10.6 Å². The molecule has 3 N–H and O–H groups in total. The zero-order chi connectivity index (χ0) is 32.2. The minimum Gasteiger partial charge on any atom is -0.480 e. The van der Waals surface area contributed by atoms with Gasteiger partial charge < -0.3 is 30.0 Å². The molecule has 1 fully saturated rings. The zero-order valence-corrected chi connectivity index (χ0v) is 26.2. The van der Waals surface area contributed by atoms with Crippen molar-refractivity contribution in [2.75, 3.05) is 13.2 Å². The number of fused-ring (bicyclic) bond motifs is 3. The molecule has 44 heavy (non-hydrogen) atoms. The Labute approximate surface area is 258 Å². The number of carboxylic acid groups (broad SMARTS) is 1. The molecule has 11 heteroatoms. The molecule has 2 aliphatic rings. The van der Waals surface area contributed by atoms with Gasteiger partial charge in [-0.2, -0.15) is 0 Å². The number of aliphatic carboxylic acids is 1. The van der Waals surface area contributed by atoms with Gasteiger partial charge in [0.05, 0.1) is 6.10 Å². The van der Waals surface area contributed by atoms with E-state index in [-0.39, 0.29) is 18.9 Å². The van der Waals surface area contributed by atoms with E-state index < -0.39 is 53.6 Å². The van der Waals surface area contributed by atoms with Gasteiger partial charge >= 0.3 is 18.2 Å². The van der Waals surface area contributed by atoms with Crippen molar-refractivity contribution in [3.8, 4) is 11.1 Å². The fraction of sp³-hybridized carbons (Fsp3) is 0.515. The number of amides is 3. The third-order valence-electron chi connectivity index (χ3n) is 7.79. The van der Waals surface area contributed by atoms with Gasteiger partial charge in [0.25, 0.3) is 0 Å². The van der Waals surface area contributed by atoms with Gasteiger partial charge in [-0.1, -0.05) is 48.5 Å². The molecule has 1 aliphatic carbocycles. The number of carbonyl (C=O) groups is 4. The SMILES string of the molecule is C[C@@H]1OC(C)(C)N(C(=O)[C@@H](CCCCNC(=O)OC(C)(C)C)NC(=O)OCC2c3ccccc3-c3ccccc32)[C@@H]1C(=O)O. The van der Waals surface area contributed by atoms with Crippen LogP contribution in [0, 0.1) is 0 Å². The number of rotatable bonds is 10. The van der Waals surface area contributed by atoms with Gasteiger partial charge in [-0.15, -0.1) is 0 Å². The third kappa shape index (κ3) is 7.50. The summed E-state index contributed by atoms with van der Waals surface area (Å²) >= 11 is 0. The van der Waals surface area contributed by atoms with Crippen molar-refractivity contribution in [3.05, 3.63) is 59.7 Å². The molecule has 3 atom stereocenters. The van der Waals surface area contributed by atoms with Crippen LogP contribution in [0.15, 0.2) is 48.5 Å². The molecule has 3 amide bonds. The first-order valence-electron chi connectivity index (χ1n) is 15.0. The lowest BCUT2D eigenvalue weighted by Crippen LogP contribution is -2.58. The quantitative estimate of drug-likeness (QED) is 0.319. The molecule has 0 radical (unpaired) electrons. The summed E-state index contributed by atoms with van der Waals surface area (Å²) in [6.45, 7) is 10.5. The molecule has 1 saturated heterocycles. The molecular weight excluding hydrogens is 566 g/mol. The second-order valence-corrected chi connectivity index (χ2v) is 12.7. The van der Waals surface area contributed by atoms with E-state index in [1.165, 1.54) is 4.90 Å². The minimum atomic E-state index is -1.22. The average molecular weight is 610 g/mol. The normalized spacial score (nSPS) is 19.5. The van der Waals surface area contributed by atoms with Crippen LogP contribution in [0.4, 0.5) is 9.59 Å². The van der Waals surface area contributed by atoms with Crippen molar-refractivity contribution >= 4 is 24.1 Å². The maximum Gasteiger partial charge on any atom is 0.407 e. The molecule has 0 unspecified atom stereocenters. The topological polar surface area (TPSA) is 144 Å². The first-order chi connectivity index (χ1) is 20.7. The molecule has 238 valence electrons. The molecule has 1 heterocycles. The Bertz CT molecular complexity index is 1340. The third-order valence-corrected chi connectivity index (χ3v) is 7.79. The second-order valence-electron chi connectivity index (χ2n) is 12.7. The summed E-state index contributed by atoms with van der Waals surface area (Å²) in [5.74, 6) is -1.94. The number of benzene rings is 2. The van der Waals surface area contributed by atoms with Gasteiger partial charge in [0.15, 0.2) is 6.04 Å². The van der Waals surface area contributed by atoms with E-state index in [4.69, 9.17) is 14.2 Å². The summed E-state index contributed by atoms with van der Waals surface area (Å²) in [6.07, 6.45) is -0.954. The number of nitrogens with zero attached hydrogens (tertiary/aromatic N) is 1. The maximum absolute atomic E-state index is 13.9. The van der Waals surface area contributed by atoms with E-state index in [9.17, 15) is 24.3 Å². The fourth-order valence-corrected chi connectivity index (χ4v) is 6.02. The Morgan fingerprint density at radius 3 is 2.14 bits per heavy atom. The second kappa shape index (κ2) is 13.3. The number of ether oxygens (including phenoxy) is 3. The van der Waals surface area contributed by atoms with Crippen molar-refractivity contribution in [2.24, 2.45) is 0 Å². The van der Waals surface area contributed by atoms with Crippen molar-refractivity contribution in [1.29, 1.82) is 0 Å². The monoisotopic (exact) mass is 609 g/mol. The first-order valence-corrected chi connectivity index (χ1v) is 15.0. The van der Waals surface area contributed by atoms with E-state index >= 15 is 0 Å². The van der Waals surface area contributed by atoms with Gasteiger partial charge in [0.2, 0.25) is 5.91 Å². The average Bonchev–Trinajstić information content (AvgIpc) is 3.39. The van der Waals surface area contributed by atoms with E-state index in [1.54, 1.807) is 41.5 Å². The number of carbonyl (C=O) groups excluding carboxylic acids is 3. The van der Waals surface area contributed by atoms with Crippen LogP contribution in [0.2, 0.25) is 0 Å². The predicted octanol–water partition coefficient (Wildman–Crippen LogP) is 5.03. The number of carboxylic acids is 1. The molecule has 0 saturated carbocycles. The number of unbranched alkanes of at least 4 members (excludes halogenated alkanes) is 1. The van der Waals surface area contributed by atoms with E-state index in [0.29, 0.717) is 19.4 Å². The van der Waals surface area contributed by atoms with Crippen LogP contribution >= 0.6 is 0 Å². The smallest absolute Gasteiger partial charge is 0.407 e. The molecule has 4 rings (SSSR count). The molecule has 1 aliphatic heterocycles. The van der Waals surface area contributed by atoms with E-state index in [0.717, 1.165) is 22.3 Å². The van der Waals surface area contributed by atoms with Gasteiger partial charge in [-0.3, -0.25) is 9.69 Å². The van der Waals surface area contributed by atoms with Crippen LogP contribution in [0.1, 0.15) is 77.8 Å². The van der Waals surface area contributed by atoms with Crippen LogP contribution in [0.5, 0.6) is 0 Å². The lowest BCUT2D eigenvalue weighted by molar-refractivity contribution is -0.156. The maximum atomic E-state index is 13.9. The highest BCUT2D eigenvalue weighted by Gasteiger charge is 2.52. The largest absolute Gasteiger partial charge is 0.480 e. The number of alkyl carbamates (subject to hydrolysis) is 2. The Morgan fingerprint density at radius 2 is 1.57 bits per heavy atom. The minimum absolute atomic E-state index is 0.0632. The number of hydrogen-bond acceptors (Lipinski definition) is 7. The predicted molar refractivity (Wildman–Crippen MR) is 163 cm³/mol. The summed E-state index contributed by atoms with van der Waals surface area (Å²) < 4.78 is 16.8. The Balaban J connectivity index is 1.44. The number of nitrogens with one attached hydrogen (secondary N) is 2. The van der Waals surface area contributed by atoms with E-state index in [2.05, 4.69) is 10.6 Å². The Hall–Kier alpha value is -4.12. The van der Waals surface area contributed by atoms with Crippen LogP contribution in [0.3, 0.4) is 0 Å². The number of hydrogen-bond donors (Lipinski definition) is 3. The first kappa shape index (κ1) is 32.8. The summed E-state index contributed by atoms with van der Waals surface area (Å²) in [5, 5.41) is 15.3. The van der Waals surface area contributed by atoms with Crippen molar-refractivity contribution in [3.63, 3.8) is 0 Å². The van der Waals surface area contributed by atoms with Crippen LogP contribution in [-0.4, -0.2) is 76.7 Å².